The zero-order valence-corrected chi connectivity index (χ0v) is 11.9. The number of nitrogens with zero attached hydrogens (tertiary/aromatic N) is 1. The smallest absolute Gasteiger partial charge is 0.768 e. The molecular formula is C9HF7LiNO2S2. The monoisotopic (exact) mass is 359 g/mol. The maximum atomic E-state index is 13.3. The van der Waals surface area contributed by atoms with Crippen LogP contribution in [0.25, 0.3) is 0 Å². The van der Waals surface area contributed by atoms with Crippen molar-refractivity contribution in [3.05, 3.63) is 29.1 Å². The number of alkyl halides is 4. The summed E-state index contributed by atoms with van der Waals surface area (Å²) in [7, 11) is 0. The molecule has 22 heavy (non-hydrogen) atoms. The molecule has 0 aromatic heterocycles. The quantitative estimate of drug-likeness (QED) is 0.252. The minimum absolute atomic E-state index is 0. The van der Waals surface area contributed by atoms with Crippen molar-refractivity contribution in [3.63, 3.8) is 0 Å². The SMILES string of the molecule is N#Cc1c(F)cc(SC(F)(F)C(F)(F)S(=O)[O-])c(F)c1F.[Li+]. The summed E-state index contributed by atoms with van der Waals surface area (Å²) in [6, 6.07) is 0.798. The van der Waals surface area contributed by atoms with Crippen LogP contribution in [0.3, 0.4) is 0 Å². The van der Waals surface area contributed by atoms with Crippen LogP contribution in [0.1, 0.15) is 5.56 Å². The maximum absolute atomic E-state index is 13.3. The van der Waals surface area contributed by atoms with Crippen LogP contribution in [0.15, 0.2) is 11.0 Å². The van der Waals surface area contributed by atoms with Crippen LogP contribution in [0.5, 0.6) is 0 Å². The van der Waals surface area contributed by atoms with Gasteiger partial charge in [0.15, 0.2) is 11.6 Å². The molecule has 0 spiro atoms. The first-order valence-electron chi connectivity index (χ1n) is 4.57. The molecule has 1 aromatic rings. The van der Waals surface area contributed by atoms with Crippen molar-refractivity contribution in [1.29, 1.82) is 5.26 Å². The molecule has 0 N–H and O–H groups in total. The van der Waals surface area contributed by atoms with Crippen molar-refractivity contribution < 1.29 is 58.4 Å². The first kappa shape index (κ1) is 21.3. The van der Waals surface area contributed by atoms with E-state index in [0.717, 1.165) is 6.07 Å². The molecule has 13 heteroatoms. The van der Waals surface area contributed by atoms with Gasteiger partial charge in [-0.15, -0.1) is 0 Å². The Balaban J connectivity index is 0.00000441. The van der Waals surface area contributed by atoms with E-state index >= 15 is 0 Å². The van der Waals surface area contributed by atoms with E-state index in [1.54, 1.807) is 0 Å². The van der Waals surface area contributed by atoms with Gasteiger partial charge in [0.2, 0.25) is 0 Å². The van der Waals surface area contributed by atoms with Crippen LogP contribution < -0.4 is 18.9 Å². The third kappa shape index (κ3) is 3.78. The van der Waals surface area contributed by atoms with E-state index < -0.39 is 61.3 Å². The molecule has 0 aliphatic carbocycles. The Morgan fingerprint density at radius 1 is 1.18 bits per heavy atom. The number of hydrogen-bond donors (Lipinski definition) is 0. The minimum Gasteiger partial charge on any atom is -0.768 e. The fourth-order valence-corrected chi connectivity index (χ4v) is 2.30. The average Bonchev–Trinajstić information content (AvgIpc) is 2.35. The molecule has 0 saturated carbocycles. The van der Waals surface area contributed by atoms with Crippen LogP contribution in [0.4, 0.5) is 30.7 Å². The summed E-state index contributed by atoms with van der Waals surface area (Å²) in [4.78, 5) is -1.61. The number of nitriles is 1. The molecule has 0 aliphatic heterocycles. The molecule has 0 fully saturated rings. The molecule has 1 unspecified atom stereocenters. The zero-order chi connectivity index (χ0) is 16.6. The van der Waals surface area contributed by atoms with Crippen LogP contribution in [0, 0.1) is 28.8 Å². The molecule has 1 atom stereocenters. The summed E-state index contributed by atoms with van der Waals surface area (Å²) in [5.41, 5.74) is -1.43. The number of rotatable bonds is 4. The first-order chi connectivity index (χ1) is 9.45. The summed E-state index contributed by atoms with van der Waals surface area (Å²) >= 11 is -5.94. The van der Waals surface area contributed by atoms with E-state index in [9.17, 15) is 39.5 Å². The Morgan fingerprint density at radius 3 is 2.09 bits per heavy atom. The number of thioether (sulfide) groups is 1. The molecular weight excluding hydrogens is 358 g/mol. The summed E-state index contributed by atoms with van der Waals surface area (Å²) < 4.78 is 111. The molecule has 0 amide bonds. The number of benzene rings is 1. The Labute approximate surface area is 137 Å². The minimum atomic E-state index is -5.61. The van der Waals surface area contributed by atoms with E-state index in [0.29, 0.717) is 0 Å². The third-order valence-corrected chi connectivity index (χ3v) is 3.86. The molecule has 1 rings (SSSR count). The molecule has 0 saturated heterocycles. The van der Waals surface area contributed by atoms with Crippen molar-refractivity contribution in [2.45, 2.75) is 15.4 Å². The summed E-state index contributed by atoms with van der Waals surface area (Å²) in [5.74, 6) is -6.09. The van der Waals surface area contributed by atoms with Gasteiger partial charge in [-0.2, -0.15) is 22.8 Å². The number of hydrogen-bond acceptors (Lipinski definition) is 4. The van der Waals surface area contributed by atoms with Gasteiger partial charge in [-0.05, 0) is 17.8 Å². The van der Waals surface area contributed by atoms with Gasteiger partial charge in [0.05, 0.1) is 4.90 Å². The van der Waals surface area contributed by atoms with Crippen molar-refractivity contribution in [2.24, 2.45) is 0 Å². The van der Waals surface area contributed by atoms with Gasteiger partial charge in [0, 0.05) is 11.1 Å². The van der Waals surface area contributed by atoms with Gasteiger partial charge in [-0.3, -0.25) is 4.21 Å². The summed E-state index contributed by atoms with van der Waals surface area (Å²) in [6.07, 6.45) is 0. The maximum Gasteiger partial charge on any atom is 1.00 e. The van der Waals surface area contributed by atoms with Gasteiger partial charge in [0.25, 0.3) is 0 Å². The molecule has 0 heterocycles. The van der Waals surface area contributed by atoms with E-state index in [1.807, 2.05) is 0 Å². The molecule has 0 radical (unpaired) electrons. The Bertz CT molecular complexity index is 650. The topological polar surface area (TPSA) is 63.9 Å². The normalized spacial score (nSPS) is 13.2. The van der Waals surface area contributed by atoms with Crippen molar-refractivity contribution in [1.82, 2.24) is 0 Å². The van der Waals surface area contributed by atoms with Crippen LogP contribution in [-0.2, 0) is 11.1 Å². The van der Waals surface area contributed by atoms with Gasteiger partial charge in [-0.25, -0.2) is 13.2 Å². The van der Waals surface area contributed by atoms with E-state index in [4.69, 9.17) is 5.26 Å². The van der Waals surface area contributed by atoms with Gasteiger partial charge in [0.1, 0.15) is 17.4 Å². The molecule has 0 bridgehead atoms. The third-order valence-electron chi connectivity index (χ3n) is 2.02. The largest absolute Gasteiger partial charge is 1.00 e. The van der Waals surface area contributed by atoms with Crippen LogP contribution in [0.2, 0.25) is 0 Å². The van der Waals surface area contributed by atoms with E-state index in [1.165, 1.54) is 0 Å². The Hall–Kier alpha value is -0.723. The first-order valence-corrected chi connectivity index (χ1v) is 6.46. The summed E-state index contributed by atoms with van der Waals surface area (Å²) in [6.45, 7) is 0. The average molecular weight is 359 g/mol. The van der Waals surface area contributed by atoms with Crippen molar-refractivity contribution in [3.8, 4) is 6.07 Å². The second-order valence-corrected chi connectivity index (χ2v) is 5.48. The van der Waals surface area contributed by atoms with Gasteiger partial charge < -0.3 is 4.55 Å². The predicted molar refractivity (Wildman–Crippen MR) is 55.7 cm³/mol. The fraction of sp³-hybridized carbons (Fsp3) is 0.222. The Morgan fingerprint density at radius 2 is 1.68 bits per heavy atom. The fourth-order valence-electron chi connectivity index (χ4n) is 1.04. The molecule has 116 valence electrons. The van der Waals surface area contributed by atoms with E-state index in [2.05, 4.69) is 0 Å². The summed E-state index contributed by atoms with van der Waals surface area (Å²) in [5, 5.41) is -2.71. The molecule has 1 aromatic carbocycles. The zero-order valence-electron chi connectivity index (χ0n) is 10.3. The Kier molecular flexibility index (Phi) is 7.00. The predicted octanol–water partition coefficient (Wildman–Crippen LogP) is 0.136. The molecule has 3 nitrogen and oxygen atoms in total. The van der Waals surface area contributed by atoms with E-state index in [-0.39, 0.29) is 24.9 Å². The van der Waals surface area contributed by atoms with Gasteiger partial charge in [-0.1, -0.05) is 0 Å². The van der Waals surface area contributed by atoms with Crippen molar-refractivity contribution in [2.75, 3.05) is 0 Å². The second-order valence-electron chi connectivity index (χ2n) is 3.34. The van der Waals surface area contributed by atoms with Crippen molar-refractivity contribution >= 4 is 22.8 Å². The number of halogens is 7. The second kappa shape index (κ2) is 7.23. The standard InChI is InChI=1S/C9H2F7NO2S2.Li/c10-4-1-5(7(12)6(11)3(4)2-17)20-8(13,14)9(15,16)21(18)19;/h1H,(H,18,19);/q;+1/p-1. The van der Waals surface area contributed by atoms with Gasteiger partial charge >= 0.3 is 29.4 Å². The van der Waals surface area contributed by atoms with Crippen LogP contribution >= 0.6 is 11.8 Å². The van der Waals surface area contributed by atoms with Crippen LogP contribution in [-0.4, -0.2) is 19.3 Å². The molecule has 0 aliphatic rings.